The molecule has 0 spiro atoms. The highest BCUT2D eigenvalue weighted by molar-refractivity contribution is 7.92. The molecular formula is C16H19N3O3S. The number of rotatable bonds is 3. The number of anilines is 2. The molecule has 0 amide bonds. The van der Waals surface area contributed by atoms with Crippen molar-refractivity contribution in [3.8, 4) is 5.75 Å². The number of sulfonamides is 1. The van der Waals surface area contributed by atoms with Crippen LogP contribution in [-0.2, 0) is 10.0 Å². The van der Waals surface area contributed by atoms with Gasteiger partial charge in [0.15, 0.2) is 0 Å². The molecule has 0 saturated heterocycles. The highest BCUT2D eigenvalue weighted by atomic mass is 32.2. The lowest BCUT2D eigenvalue weighted by atomic mass is 10.2. The first-order valence-electron chi connectivity index (χ1n) is 7.31. The summed E-state index contributed by atoms with van der Waals surface area (Å²) in [6, 6.07) is 6.87. The van der Waals surface area contributed by atoms with Crippen molar-refractivity contribution in [2.24, 2.45) is 0 Å². The molecule has 1 N–H and O–H groups in total. The predicted molar refractivity (Wildman–Crippen MR) is 89.7 cm³/mol. The molecule has 2 heterocycles. The number of likely N-dealkylation sites (N-methyl/N-ethyl adjacent to an activating group) is 1. The Morgan fingerprint density at radius 1 is 1.26 bits per heavy atom. The fraction of sp³-hybridized carbons (Fsp3) is 0.312. The van der Waals surface area contributed by atoms with E-state index in [-0.39, 0.29) is 4.90 Å². The second-order valence-electron chi connectivity index (χ2n) is 5.68. The zero-order valence-corrected chi connectivity index (χ0v) is 14.1. The fourth-order valence-electron chi connectivity index (χ4n) is 2.49. The smallest absolute Gasteiger partial charge is 0.263 e. The monoisotopic (exact) mass is 333 g/mol. The van der Waals surface area contributed by atoms with Crippen LogP contribution in [-0.4, -0.2) is 33.6 Å². The Morgan fingerprint density at radius 3 is 2.74 bits per heavy atom. The van der Waals surface area contributed by atoms with Gasteiger partial charge in [0.1, 0.15) is 18.2 Å². The topological polar surface area (TPSA) is 71.5 Å². The van der Waals surface area contributed by atoms with Crippen molar-refractivity contribution in [3.63, 3.8) is 0 Å². The van der Waals surface area contributed by atoms with Gasteiger partial charge in [0.05, 0.1) is 17.1 Å². The fourth-order valence-corrected chi connectivity index (χ4v) is 3.74. The van der Waals surface area contributed by atoms with E-state index in [9.17, 15) is 8.42 Å². The minimum atomic E-state index is -3.72. The van der Waals surface area contributed by atoms with Gasteiger partial charge in [-0.3, -0.25) is 4.72 Å². The number of ether oxygens (including phenoxy) is 1. The first-order valence-corrected chi connectivity index (χ1v) is 8.79. The first-order chi connectivity index (χ1) is 10.9. The summed E-state index contributed by atoms with van der Waals surface area (Å²) in [5, 5.41) is 0. The van der Waals surface area contributed by atoms with Gasteiger partial charge in [0.2, 0.25) is 0 Å². The molecule has 3 rings (SSSR count). The lowest BCUT2D eigenvalue weighted by molar-refractivity contribution is 0.310. The van der Waals surface area contributed by atoms with Gasteiger partial charge in [-0.2, -0.15) is 0 Å². The number of pyridine rings is 1. The number of benzene rings is 1. The molecule has 7 heteroatoms. The summed E-state index contributed by atoms with van der Waals surface area (Å²) >= 11 is 0. The number of fused-ring (bicyclic) bond motifs is 1. The molecule has 6 nitrogen and oxygen atoms in total. The molecule has 1 aromatic heterocycles. The van der Waals surface area contributed by atoms with Gasteiger partial charge in [-0.25, -0.2) is 13.4 Å². The molecule has 1 aromatic carbocycles. The van der Waals surface area contributed by atoms with Crippen LogP contribution in [0.25, 0.3) is 0 Å². The molecule has 0 unspecified atom stereocenters. The largest absolute Gasteiger partial charge is 0.490 e. The predicted octanol–water partition coefficient (Wildman–Crippen LogP) is 2.33. The van der Waals surface area contributed by atoms with Crippen LogP contribution in [0.2, 0.25) is 0 Å². The zero-order valence-electron chi connectivity index (χ0n) is 13.3. The van der Waals surface area contributed by atoms with E-state index in [1.807, 2.05) is 26.1 Å². The Balaban J connectivity index is 1.98. The summed E-state index contributed by atoms with van der Waals surface area (Å²) in [7, 11) is -1.76. The van der Waals surface area contributed by atoms with Crippen molar-refractivity contribution in [3.05, 3.63) is 41.6 Å². The molecule has 0 bridgehead atoms. The maximum atomic E-state index is 12.7. The van der Waals surface area contributed by atoms with Crippen LogP contribution in [0.5, 0.6) is 5.75 Å². The normalized spacial score (nSPS) is 14.1. The summed E-state index contributed by atoms with van der Waals surface area (Å²) in [5.41, 5.74) is 2.54. The van der Waals surface area contributed by atoms with E-state index in [0.29, 0.717) is 23.7 Å². The van der Waals surface area contributed by atoms with Crippen molar-refractivity contribution in [1.29, 1.82) is 0 Å². The van der Waals surface area contributed by atoms with Crippen LogP contribution < -0.4 is 14.4 Å². The SMILES string of the molecule is Cc1ccc(NS(=O)(=O)c2cc3c(cc2C)N(C)CCO3)nc1. The molecule has 23 heavy (non-hydrogen) atoms. The number of nitrogens with zero attached hydrogens (tertiary/aromatic N) is 2. The summed E-state index contributed by atoms with van der Waals surface area (Å²) in [4.78, 5) is 6.34. The summed E-state index contributed by atoms with van der Waals surface area (Å²) < 4.78 is 33.4. The summed E-state index contributed by atoms with van der Waals surface area (Å²) in [6.07, 6.45) is 1.62. The minimum Gasteiger partial charge on any atom is -0.490 e. The summed E-state index contributed by atoms with van der Waals surface area (Å²) in [6.45, 7) is 5.00. The van der Waals surface area contributed by atoms with Crippen LogP contribution in [0.1, 0.15) is 11.1 Å². The lowest BCUT2D eigenvalue weighted by Crippen LogP contribution is -2.29. The second kappa shape index (κ2) is 5.73. The molecule has 2 aromatic rings. The molecule has 122 valence electrons. The first kappa shape index (κ1) is 15.6. The minimum absolute atomic E-state index is 0.203. The molecule has 1 aliphatic heterocycles. The van der Waals surface area contributed by atoms with Crippen molar-refractivity contribution in [2.45, 2.75) is 18.7 Å². The van der Waals surface area contributed by atoms with E-state index in [2.05, 4.69) is 14.6 Å². The molecule has 0 fully saturated rings. The van der Waals surface area contributed by atoms with Gasteiger partial charge in [-0.1, -0.05) is 6.07 Å². The van der Waals surface area contributed by atoms with Gasteiger partial charge in [-0.05, 0) is 37.1 Å². The van der Waals surface area contributed by atoms with E-state index >= 15 is 0 Å². The Hall–Kier alpha value is -2.28. The van der Waals surface area contributed by atoms with Crippen LogP contribution in [0.15, 0.2) is 35.4 Å². The van der Waals surface area contributed by atoms with Gasteiger partial charge < -0.3 is 9.64 Å². The molecule has 0 atom stereocenters. The van der Waals surface area contributed by atoms with Crippen molar-refractivity contribution in [2.75, 3.05) is 29.8 Å². The van der Waals surface area contributed by atoms with E-state index < -0.39 is 10.0 Å². The van der Waals surface area contributed by atoms with Crippen LogP contribution in [0.4, 0.5) is 11.5 Å². The molecule has 1 aliphatic rings. The average Bonchev–Trinajstić information content (AvgIpc) is 2.50. The van der Waals surface area contributed by atoms with Gasteiger partial charge in [0.25, 0.3) is 10.0 Å². The number of hydrogen-bond donors (Lipinski definition) is 1. The van der Waals surface area contributed by atoms with Gasteiger partial charge >= 0.3 is 0 Å². The Kier molecular flexibility index (Phi) is 3.89. The third-order valence-electron chi connectivity index (χ3n) is 3.79. The quantitative estimate of drug-likeness (QED) is 0.933. The Labute approximate surface area is 136 Å². The lowest BCUT2D eigenvalue weighted by Gasteiger charge is -2.28. The second-order valence-corrected chi connectivity index (χ2v) is 7.33. The van der Waals surface area contributed by atoms with Crippen molar-refractivity contribution in [1.82, 2.24) is 4.98 Å². The standard InChI is InChI=1S/C16H19N3O3S/c1-11-4-5-16(17-10-11)18-23(20,21)15-9-14-13(8-12(15)2)19(3)6-7-22-14/h4-5,8-10H,6-7H2,1-3H3,(H,17,18). The van der Waals surface area contributed by atoms with Crippen molar-refractivity contribution < 1.29 is 13.2 Å². The van der Waals surface area contributed by atoms with Crippen LogP contribution in [0, 0.1) is 13.8 Å². The van der Waals surface area contributed by atoms with Crippen molar-refractivity contribution >= 4 is 21.5 Å². The van der Waals surface area contributed by atoms with Crippen LogP contribution >= 0.6 is 0 Å². The van der Waals surface area contributed by atoms with Crippen LogP contribution in [0.3, 0.4) is 0 Å². The molecule has 0 radical (unpaired) electrons. The number of hydrogen-bond acceptors (Lipinski definition) is 5. The van der Waals surface area contributed by atoms with E-state index in [0.717, 1.165) is 17.8 Å². The Bertz CT molecular complexity index is 832. The number of aromatic nitrogens is 1. The number of aryl methyl sites for hydroxylation is 2. The van der Waals surface area contributed by atoms with E-state index in [1.54, 1.807) is 25.3 Å². The third-order valence-corrected chi connectivity index (χ3v) is 5.29. The molecule has 0 aliphatic carbocycles. The maximum Gasteiger partial charge on any atom is 0.263 e. The van der Waals surface area contributed by atoms with E-state index in [4.69, 9.17) is 4.74 Å². The maximum absolute atomic E-state index is 12.7. The molecular weight excluding hydrogens is 314 g/mol. The highest BCUT2D eigenvalue weighted by Gasteiger charge is 2.23. The third kappa shape index (κ3) is 3.10. The zero-order chi connectivity index (χ0) is 16.6. The summed E-state index contributed by atoms with van der Waals surface area (Å²) in [5.74, 6) is 0.882. The number of nitrogens with one attached hydrogen (secondary N) is 1. The Morgan fingerprint density at radius 2 is 2.04 bits per heavy atom. The average molecular weight is 333 g/mol. The highest BCUT2D eigenvalue weighted by Crippen LogP contribution is 2.35. The van der Waals surface area contributed by atoms with E-state index in [1.165, 1.54) is 0 Å². The molecule has 0 saturated carbocycles. The van der Waals surface area contributed by atoms with Gasteiger partial charge in [-0.15, -0.1) is 0 Å². The van der Waals surface area contributed by atoms with Gasteiger partial charge in [0, 0.05) is 19.3 Å².